The summed E-state index contributed by atoms with van der Waals surface area (Å²) in [4.78, 5) is 38.0. The first-order valence-corrected chi connectivity index (χ1v) is 31.7. The third-order valence-electron chi connectivity index (χ3n) is 13.6. The van der Waals surface area contributed by atoms with E-state index in [1.54, 1.807) is 0 Å². The minimum Gasteiger partial charge on any atom is -0.462 e. The van der Waals surface area contributed by atoms with E-state index >= 15 is 0 Å². The number of ether oxygens (including phenoxy) is 3. The van der Waals surface area contributed by atoms with Crippen molar-refractivity contribution in [3.05, 3.63) is 97.2 Å². The highest BCUT2D eigenvalue weighted by atomic mass is 16.6. The zero-order valence-electron chi connectivity index (χ0n) is 49.3. The van der Waals surface area contributed by atoms with Gasteiger partial charge in [-0.25, -0.2) is 0 Å². The normalized spacial score (nSPS) is 12.7. The molecule has 6 nitrogen and oxygen atoms in total. The smallest absolute Gasteiger partial charge is 0.306 e. The van der Waals surface area contributed by atoms with Crippen LogP contribution in [0.5, 0.6) is 0 Å². The summed E-state index contributed by atoms with van der Waals surface area (Å²) in [6, 6.07) is 0. The fourth-order valence-corrected chi connectivity index (χ4v) is 8.92. The number of hydrogen-bond donors (Lipinski definition) is 0. The monoisotopic (exact) mass is 1040 g/mol. The molecule has 75 heavy (non-hydrogen) atoms. The van der Waals surface area contributed by atoms with Gasteiger partial charge < -0.3 is 14.2 Å². The summed E-state index contributed by atoms with van der Waals surface area (Å²) in [5.74, 6) is -0.978. The van der Waals surface area contributed by atoms with Gasteiger partial charge in [0.05, 0.1) is 0 Å². The van der Waals surface area contributed by atoms with Gasteiger partial charge in [0.2, 0.25) is 0 Å². The number of rotatable bonds is 57. The van der Waals surface area contributed by atoms with Crippen molar-refractivity contribution < 1.29 is 28.6 Å². The van der Waals surface area contributed by atoms with Gasteiger partial charge in [-0.05, 0) is 83.5 Å². The van der Waals surface area contributed by atoms with Gasteiger partial charge in [0.25, 0.3) is 0 Å². The molecule has 0 bridgehead atoms. The lowest BCUT2D eigenvalue weighted by atomic mass is 10.0. The Morgan fingerprint density at radius 1 is 0.280 bits per heavy atom. The Morgan fingerprint density at radius 2 is 0.547 bits per heavy atom. The molecule has 1 atom stereocenters. The molecule has 0 fully saturated rings. The Hall–Kier alpha value is -3.67. The Labute approximate surface area is 464 Å². The molecule has 0 saturated carbocycles. The molecule has 0 amide bonds. The average Bonchev–Trinajstić information content (AvgIpc) is 3.41. The molecular weight excluding hydrogens is 925 g/mol. The molecule has 1 unspecified atom stereocenters. The summed E-state index contributed by atoms with van der Waals surface area (Å²) in [6.07, 6.45) is 84.7. The Balaban J connectivity index is 4.01. The number of esters is 3. The molecule has 0 rings (SSSR count). The minimum atomic E-state index is -0.810. The molecule has 0 aliphatic carbocycles. The Morgan fingerprint density at radius 3 is 0.867 bits per heavy atom. The average molecular weight is 1040 g/mol. The summed E-state index contributed by atoms with van der Waals surface area (Å²) in [6.45, 7) is 6.34. The molecule has 0 N–H and O–H groups in total. The third-order valence-corrected chi connectivity index (χ3v) is 13.6. The molecule has 0 aromatic heterocycles. The number of allylic oxidation sites excluding steroid dienone is 16. The molecule has 0 spiro atoms. The van der Waals surface area contributed by atoms with Crippen LogP contribution in [0.4, 0.5) is 0 Å². The van der Waals surface area contributed by atoms with E-state index in [-0.39, 0.29) is 37.5 Å². The van der Waals surface area contributed by atoms with E-state index in [0.717, 1.165) is 89.9 Å². The van der Waals surface area contributed by atoms with Crippen molar-refractivity contribution >= 4 is 17.9 Å². The van der Waals surface area contributed by atoms with E-state index < -0.39 is 6.10 Å². The largest absolute Gasteiger partial charge is 0.462 e. The maximum absolute atomic E-state index is 12.8. The van der Waals surface area contributed by atoms with Crippen molar-refractivity contribution in [3.8, 4) is 0 Å². The summed E-state index contributed by atoms with van der Waals surface area (Å²) < 4.78 is 16.7. The molecule has 6 heteroatoms. The molecule has 0 aliphatic rings. The van der Waals surface area contributed by atoms with E-state index in [1.807, 2.05) is 6.08 Å². The van der Waals surface area contributed by atoms with Gasteiger partial charge >= 0.3 is 17.9 Å². The van der Waals surface area contributed by atoms with Gasteiger partial charge in [0.1, 0.15) is 13.2 Å². The van der Waals surface area contributed by atoms with Gasteiger partial charge in [0.15, 0.2) is 6.10 Å². The van der Waals surface area contributed by atoms with Crippen LogP contribution in [0, 0.1) is 0 Å². The fourth-order valence-electron chi connectivity index (χ4n) is 8.92. The van der Waals surface area contributed by atoms with Crippen LogP contribution in [-0.4, -0.2) is 37.2 Å². The van der Waals surface area contributed by atoms with Gasteiger partial charge in [-0.2, -0.15) is 0 Å². The molecule has 0 aliphatic heterocycles. The molecule has 0 aromatic rings. The first-order valence-electron chi connectivity index (χ1n) is 31.7. The minimum absolute atomic E-state index is 0.101. The van der Waals surface area contributed by atoms with Crippen LogP contribution >= 0.6 is 0 Å². The van der Waals surface area contributed by atoms with E-state index in [2.05, 4.69) is 112 Å². The maximum Gasteiger partial charge on any atom is 0.306 e. The highest BCUT2D eigenvalue weighted by molar-refractivity contribution is 5.71. The fraction of sp³-hybridized carbons (Fsp3) is 0.725. The van der Waals surface area contributed by atoms with Crippen molar-refractivity contribution in [2.75, 3.05) is 13.2 Å². The molecule has 0 heterocycles. The Bertz CT molecular complexity index is 1480. The molecule has 0 saturated heterocycles. The van der Waals surface area contributed by atoms with E-state index in [0.29, 0.717) is 19.3 Å². The van der Waals surface area contributed by atoms with Crippen LogP contribution in [-0.2, 0) is 28.6 Å². The summed E-state index contributed by atoms with van der Waals surface area (Å²) in [7, 11) is 0. The second kappa shape index (κ2) is 62.9. The summed E-state index contributed by atoms with van der Waals surface area (Å²) in [5, 5.41) is 0. The SMILES string of the molecule is CC/C=C\C/C=C\C/C=C\C/C=C\CCCCCCCCCCCCCCCCCCCCCCCCC(=O)OCC(COC(=O)CCCCCCCCCCC)OC(=O)CC/C=C\C/C=C\C/C=C\C/C=C\CC. The van der Waals surface area contributed by atoms with Crippen LogP contribution in [0.15, 0.2) is 97.2 Å². The maximum atomic E-state index is 12.8. The first kappa shape index (κ1) is 71.3. The van der Waals surface area contributed by atoms with Crippen LogP contribution in [0.3, 0.4) is 0 Å². The van der Waals surface area contributed by atoms with Gasteiger partial charge in [-0.3, -0.25) is 14.4 Å². The Kier molecular flexibility index (Phi) is 59.8. The predicted molar refractivity (Wildman–Crippen MR) is 325 cm³/mol. The zero-order valence-corrected chi connectivity index (χ0v) is 49.3. The number of unbranched alkanes of at least 4 members (excludes halogenated alkanes) is 30. The van der Waals surface area contributed by atoms with Crippen LogP contribution in [0.1, 0.15) is 303 Å². The molecular formula is C69H118O6. The topological polar surface area (TPSA) is 78.9 Å². The highest BCUT2D eigenvalue weighted by Crippen LogP contribution is 2.17. The molecule has 430 valence electrons. The zero-order chi connectivity index (χ0) is 54.3. The summed E-state index contributed by atoms with van der Waals surface area (Å²) >= 11 is 0. The third kappa shape index (κ3) is 61.1. The van der Waals surface area contributed by atoms with Crippen molar-refractivity contribution in [2.24, 2.45) is 0 Å². The quantitative estimate of drug-likeness (QED) is 0.0261. The number of hydrogen-bond acceptors (Lipinski definition) is 6. The number of carbonyl (C=O) groups excluding carboxylic acids is 3. The van der Waals surface area contributed by atoms with Crippen molar-refractivity contribution in [1.82, 2.24) is 0 Å². The van der Waals surface area contributed by atoms with E-state index in [1.165, 1.54) is 167 Å². The lowest BCUT2D eigenvalue weighted by Crippen LogP contribution is -2.30. The van der Waals surface area contributed by atoms with Crippen molar-refractivity contribution in [1.29, 1.82) is 0 Å². The number of carbonyl (C=O) groups is 3. The summed E-state index contributed by atoms with van der Waals surface area (Å²) in [5.41, 5.74) is 0. The van der Waals surface area contributed by atoms with Crippen molar-refractivity contribution in [2.45, 2.75) is 309 Å². The predicted octanol–water partition coefficient (Wildman–Crippen LogP) is 21.7. The lowest BCUT2D eigenvalue weighted by molar-refractivity contribution is -0.166. The second-order valence-electron chi connectivity index (χ2n) is 20.9. The van der Waals surface area contributed by atoms with Gasteiger partial charge in [-0.15, -0.1) is 0 Å². The van der Waals surface area contributed by atoms with E-state index in [9.17, 15) is 14.4 Å². The van der Waals surface area contributed by atoms with Crippen LogP contribution < -0.4 is 0 Å². The van der Waals surface area contributed by atoms with Crippen molar-refractivity contribution in [3.63, 3.8) is 0 Å². The molecule has 0 aromatic carbocycles. The van der Waals surface area contributed by atoms with Gasteiger partial charge in [0, 0.05) is 19.3 Å². The molecule has 0 radical (unpaired) electrons. The highest BCUT2D eigenvalue weighted by Gasteiger charge is 2.19. The second-order valence-corrected chi connectivity index (χ2v) is 20.9. The lowest BCUT2D eigenvalue weighted by Gasteiger charge is -2.18. The standard InChI is InChI=1S/C69H118O6/c1-4-7-10-13-16-19-21-23-24-25-26-27-28-29-30-31-32-33-34-35-36-37-38-39-40-41-42-43-44-46-47-50-53-56-59-62-68(71)74-65-66(64-73-67(70)61-58-55-52-49-18-15-12-9-6-3)75-69(72)63-60-57-54-51-48-45-22-20-17-14-11-8-5-2/h7-8,10-11,16-17,19-20,23-24,26-27,45,48,54,57,66H,4-6,9,12-15,18,21-22,25,28-44,46-47,49-53,55-56,58-65H2,1-3H3/b10-7-,11-8-,19-16-,20-17-,24-23-,27-26-,48-45-,57-54-. The van der Waals surface area contributed by atoms with Crippen LogP contribution in [0.2, 0.25) is 0 Å². The van der Waals surface area contributed by atoms with E-state index in [4.69, 9.17) is 14.2 Å². The first-order chi connectivity index (χ1) is 37.0. The van der Waals surface area contributed by atoms with Crippen LogP contribution in [0.25, 0.3) is 0 Å². The van der Waals surface area contributed by atoms with Gasteiger partial charge in [-0.1, -0.05) is 298 Å².